The highest BCUT2D eigenvalue weighted by molar-refractivity contribution is 7.03. The molecule has 96 valence electrons. The Balaban J connectivity index is 2.15. The molecule has 0 saturated carbocycles. The number of aliphatic hydroxyl groups is 1. The molecule has 2 aromatic rings. The van der Waals surface area contributed by atoms with Gasteiger partial charge in [-0.1, -0.05) is 16.3 Å². The molecule has 19 heavy (non-hydrogen) atoms. The third kappa shape index (κ3) is 3.34. The molecule has 1 heterocycles. The predicted octanol–water partition coefficient (Wildman–Crippen LogP) is 1.27. The van der Waals surface area contributed by atoms with E-state index < -0.39 is 11.7 Å². The number of rotatable bonds is 2. The number of benzene rings is 1. The van der Waals surface area contributed by atoms with Crippen LogP contribution in [0.3, 0.4) is 0 Å². The molecular weight excluding hydrogens is 269 g/mol. The number of hydrogen-bond acceptors (Lipinski definition) is 5. The maximum Gasteiger partial charge on any atom is 0.277 e. The highest BCUT2D eigenvalue weighted by atomic mass is 32.1. The fraction of sp³-hybridized carbons (Fsp3) is 0.0833. The molecule has 0 aliphatic rings. The van der Waals surface area contributed by atoms with Gasteiger partial charge in [-0.2, -0.15) is 0 Å². The Hall–Kier alpha value is -2.30. The molecule has 0 aliphatic carbocycles. The number of nitrogens with zero attached hydrogens (tertiary/aromatic N) is 2. The van der Waals surface area contributed by atoms with Crippen molar-refractivity contribution in [2.45, 2.75) is 0 Å². The van der Waals surface area contributed by atoms with Crippen LogP contribution in [0.2, 0.25) is 0 Å². The zero-order chi connectivity index (χ0) is 13.7. The van der Waals surface area contributed by atoms with Crippen molar-refractivity contribution < 1.29 is 14.3 Å². The van der Waals surface area contributed by atoms with Gasteiger partial charge in [-0.15, -0.1) is 5.10 Å². The predicted molar refractivity (Wildman–Crippen MR) is 68.2 cm³/mol. The molecule has 2 N–H and O–H groups in total. The summed E-state index contributed by atoms with van der Waals surface area (Å²) in [7, 11) is 0. The average molecular weight is 277 g/mol. The summed E-state index contributed by atoms with van der Waals surface area (Å²) in [5.74, 6) is 3.84. The van der Waals surface area contributed by atoms with Gasteiger partial charge in [0.05, 0.1) is 5.69 Å². The van der Waals surface area contributed by atoms with E-state index in [0.29, 0.717) is 5.56 Å². The molecule has 2 rings (SSSR count). The summed E-state index contributed by atoms with van der Waals surface area (Å²) in [5.41, 5.74) is 0.584. The number of anilines is 1. The van der Waals surface area contributed by atoms with E-state index in [0.717, 1.165) is 11.5 Å². The molecule has 1 aromatic heterocycles. The van der Waals surface area contributed by atoms with Crippen LogP contribution in [-0.4, -0.2) is 27.2 Å². The number of aromatic nitrogens is 2. The number of amides is 1. The van der Waals surface area contributed by atoms with Crippen molar-refractivity contribution >= 4 is 23.1 Å². The third-order valence-corrected chi connectivity index (χ3v) is 2.63. The summed E-state index contributed by atoms with van der Waals surface area (Å²) in [4.78, 5) is 11.6. The zero-order valence-corrected chi connectivity index (χ0v) is 10.4. The summed E-state index contributed by atoms with van der Waals surface area (Å²) in [6.45, 7) is -0.295. The Morgan fingerprint density at radius 3 is 3.00 bits per heavy atom. The Labute approximate surface area is 112 Å². The van der Waals surface area contributed by atoms with E-state index in [9.17, 15) is 9.18 Å². The highest BCUT2D eigenvalue weighted by Crippen LogP contribution is 2.16. The smallest absolute Gasteiger partial charge is 0.277 e. The quantitative estimate of drug-likeness (QED) is 0.811. The van der Waals surface area contributed by atoms with Gasteiger partial charge in [0.2, 0.25) is 0 Å². The Morgan fingerprint density at radius 1 is 1.53 bits per heavy atom. The Kier molecular flexibility index (Phi) is 4.18. The number of nitrogens with one attached hydrogen (secondary N) is 1. The van der Waals surface area contributed by atoms with Crippen molar-refractivity contribution in [1.29, 1.82) is 0 Å². The van der Waals surface area contributed by atoms with Crippen LogP contribution in [0.4, 0.5) is 10.1 Å². The van der Waals surface area contributed by atoms with E-state index >= 15 is 0 Å². The molecule has 0 spiro atoms. The van der Waals surface area contributed by atoms with Gasteiger partial charge in [0, 0.05) is 10.9 Å². The molecule has 0 atom stereocenters. The van der Waals surface area contributed by atoms with Crippen LogP contribution in [0.25, 0.3) is 0 Å². The minimum absolute atomic E-state index is 0.0348. The van der Waals surface area contributed by atoms with E-state index in [4.69, 9.17) is 5.11 Å². The highest BCUT2D eigenvalue weighted by Gasteiger charge is 2.11. The SMILES string of the molecule is O=C(Nc1ccc(C#CCO)cc1F)c1csnn1. The fourth-order valence-corrected chi connectivity index (χ4v) is 1.72. The van der Waals surface area contributed by atoms with Crippen LogP contribution in [0.1, 0.15) is 16.1 Å². The van der Waals surface area contributed by atoms with Crippen molar-refractivity contribution in [2.75, 3.05) is 11.9 Å². The van der Waals surface area contributed by atoms with Crippen LogP contribution in [0, 0.1) is 17.7 Å². The number of carbonyl (C=O) groups excluding carboxylic acids is 1. The maximum absolute atomic E-state index is 13.7. The van der Waals surface area contributed by atoms with Crippen molar-refractivity contribution in [3.05, 3.63) is 40.7 Å². The minimum Gasteiger partial charge on any atom is -0.384 e. The maximum atomic E-state index is 13.7. The molecule has 0 unspecified atom stereocenters. The molecule has 0 fully saturated rings. The lowest BCUT2D eigenvalue weighted by molar-refractivity contribution is 0.102. The Bertz CT molecular complexity index is 647. The molecule has 0 bridgehead atoms. The lowest BCUT2D eigenvalue weighted by Gasteiger charge is -2.04. The van der Waals surface area contributed by atoms with Crippen LogP contribution in [0.5, 0.6) is 0 Å². The first-order valence-electron chi connectivity index (χ1n) is 5.18. The van der Waals surface area contributed by atoms with Gasteiger partial charge in [0.25, 0.3) is 5.91 Å². The molecule has 0 radical (unpaired) electrons. The number of aliphatic hydroxyl groups excluding tert-OH is 1. The summed E-state index contributed by atoms with van der Waals surface area (Å²) >= 11 is 1.04. The lowest BCUT2D eigenvalue weighted by Crippen LogP contribution is -2.13. The number of halogens is 1. The van der Waals surface area contributed by atoms with Gasteiger partial charge in [-0.3, -0.25) is 4.79 Å². The second kappa shape index (κ2) is 6.04. The molecule has 0 aliphatic heterocycles. The molecule has 1 aromatic carbocycles. The molecular formula is C12H8FN3O2S. The van der Waals surface area contributed by atoms with E-state index in [-0.39, 0.29) is 18.0 Å². The van der Waals surface area contributed by atoms with E-state index in [1.165, 1.54) is 17.5 Å². The number of hydrogen-bond donors (Lipinski definition) is 2. The molecule has 5 nitrogen and oxygen atoms in total. The topological polar surface area (TPSA) is 75.1 Å². The molecule has 1 amide bonds. The van der Waals surface area contributed by atoms with Crippen LogP contribution >= 0.6 is 11.5 Å². The van der Waals surface area contributed by atoms with Crippen molar-refractivity contribution in [1.82, 2.24) is 9.59 Å². The Morgan fingerprint density at radius 2 is 2.37 bits per heavy atom. The van der Waals surface area contributed by atoms with E-state index in [2.05, 4.69) is 26.7 Å². The van der Waals surface area contributed by atoms with Crippen LogP contribution < -0.4 is 5.32 Å². The normalized spacial score (nSPS) is 9.58. The summed E-state index contributed by atoms with van der Waals surface area (Å²) in [6, 6.07) is 4.12. The standard InChI is InChI=1S/C12H8FN3O2S/c13-9-6-8(2-1-5-17)3-4-10(9)14-12(18)11-7-19-16-15-11/h3-4,6-7,17H,5H2,(H,14,18). The lowest BCUT2D eigenvalue weighted by atomic mass is 10.2. The largest absolute Gasteiger partial charge is 0.384 e. The summed E-state index contributed by atoms with van der Waals surface area (Å²) in [6.07, 6.45) is 0. The second-order valence-electron chi connectivity index (χ2n) is 3.40. The van der Waals surface area contributed by atoms with Crippen molar-refractivity contribution in [3.63, 3.8) is 0 Å². The number of carbonyl (C=O) groups is 1. The minimum atomic E-state index is -0.610. The summed E-state index contributed by atoms with van der Waals surface area (Å²) in [5, 5.41) is 16.0. The van der Waals surface area contributed by atoms with Gasteiger partial charge >= 0.3 is 0 Å². The van der Waals surface area contributed by atoms with E-state index in [1.807, 2.05) is 0 Å². The summed E-state index contributed by atoms with van der Waals surface area (Å²) < 4.78 is 17.3. The van der Waals surface area contributed by atoms with Gasteiger partial charge in [-0.25, -0.2) is 4.39 Å². The molecule has 0 saturated heterocycles. The zero-order valence-electron chi connectivity index (χ0n) is 9.55. The van der Waals surface area contributed by atoms with Gasteiger partial charge in [0.15, 0.2) is 5.69 Å². The average Bonchev–Trinajstić information content (AvgIpc) is 2.93. The van der Waals surface area contributed by atoms with Gasteiger partial charge < -0.3 is 10.4 Å². The second-order valence-corrected chi connectivity index (χ2v) is 4.01. The van der Waals surface area contributed by atoms with Crippen molar-refractivity contribution in [2.24, 2.45) is 0 Å². The van der Waals surface area contributed by atoms with Gasteiger partial charge in [0.1, 0.15) is 12.4 Å². The van der Waals surface area contributed by atoms with Crippen LogP contribution in [-0.2, 0) is 0 Å². The first kappa shape index (κ1) is 13.1. The third-order valence-electron chi connectivity index (χ3n) is 2.12. The fourth-order valence-electron chi connectivity index (χ4n) is 1.29. The van der Waals surface area contributed by atoms with Crippen LogP contribution in [0.15, 0.2) is 23.6 Å². The van der Waals surface area contributed by atoms with Gasteiger partial charge in [-0.05, 0) is 29.7 Å². The first-order valence-corrected chi connectivity index (χ1v) is 6.02. The molecule has 7 heteroatoms. The monoisotopic (exact) mass is 277 g/mol. The first-order chi connectivity index (χ1) is 9.20. The van der Waals surface area contributed by atoms with E-state index in [1.54, 1.807) is 6.07 Å². The van der Waals surface area contributed by atoms with Crippen molar-refractivity contribution in [3.8, 4) is 11.8 Å².